The molecule has 1 aromatic rings. The summed E-state index contributed by atoms with van der Waals surface area (Å²) in [5, 5.41) is 12.8. The third kappa shape index (κ3) is 2.39. The van der Waals surface area contributed by atoms with Crippen molar-refractivity contribution in [1.29, 1.82) is 0 Å². The van der Waals surface area contributed by atoms with Crippen LogP contribution in [0, 0.1) is 0 Å². The molecule has 0 unspecified atom stereocenters. The van der Waals surface area contributed by atoms with Crippen molar-refractivity contribution < 1.29 is 9.84 Å². The van der Waals surface area contributed by atoms with Crippen molar-refractivity contribution in [3.05, 3.63) is 22.2 Å². The fourth-order valence-electron chi connectivity index (χ4n) is 1.24. The molecule has 1 aromatic carbocycles. The van der Waals surface area contributed by atoms with Crippen LogP contribution in [0.15, 0.2) is 16.6 Å². The molecule has 2 N–H and O–H groups in total. The molecule has 0 saturated heterocycles. The van der Waals surface area contributed by atoms with Gasteiger partial charge in [0.15, 0.2) is 11.5 Å². The van der Waals surface area contributed by atoms with E-state index < -0.39 is 0 Å². The van der Waals surface area contributed by atoms with E-state index in [-0.39, 0.29) is 5.75 Å². The lowest BCUT2D eigenvalue weighted by atomic mass is 10.1. The molecule has 1 rings (SSSR count). The summed E-state index contributed by atoms with van der Waals surface area (Å²) in [6.07, 6.45) is 0.784. The number of phenols is 1. The Kier molecular flexibility index (Phi) is 4.22. The maximum absolute atomic E-state index is 9.81. The van der Waals surface area contributed by atoms with Crippen molar-refractivity contribution in [2.45, 2.75) is 6.42 Å². The molecule has 0 aromatic heterocycles. The Labute approximate surface area is 92.2 Å². The van der Waals surface area contributed by atoms with Gasteiger partial charge in [-0.05, 0) is 47.6 Å². The van der Waals surface area contributed by atoms with Gasteiger partial charge in [0, 0.05) is 0 Å². The van der Waals surface area contributed by atoms with Gasteiger partial charge < -0.3 is 15.2 Å². The smallest absolute Gasteiger partial charge is 0.174 e. The number of phenolic OH excluding ortho intramolecular Hbond substituents is 1. The predicted molar refractivity (Wildman–Crippen MR) is 60.0 cm³/mol. The molecule has 0 aliphatic rings. The van der Waals surface area contributed by atoms with E-state index in [2.05, 4.69) is 21.2 Å². The lowest BCUT2D eigenvalue weighted by Crippen LogP contribution is -2.10. The summed E-state index contributed by atoms with van der Waals surface area (Å²) in [6, 6.07) is 3.77. The number of methoxy groups -OCH3 is 1. The standard InChI is InChI=1S/C10H14BrNO2/c1-12-6-5-7-3-4-8(11)10(14-2)9(7)13/h3-4,12-13H,5-6H2,1-2H3. The molecule has 0 bridgehead atoms. The van der Waals surface area contributed by atoms with Crippen molar-refractivity contribution in [2.75, 3.05) is 20.7 Å². The average molecular weight is 260 g/mol. The van der Waals surface area contributed by atoms with E-state index in [1.807, 2.05) is 19.2 Å². The molecule has 0 fully saturated rings. The van der Waals surface area contributed by atoms with Crippen LogP contribution >= 0.6 is 15.9 Å². The predicted octanol–water partition coefficient (Wildman–Crippen LogP) is 1.93. The second-order valence-electron chi connectivity index (χ2n) is 2.94. The monoisotopic (exact) mass is 259 g/mol. The maximum Gasteiger partial charge on any atom is 0.174 e. The van der Waals surface area contributed by atoms with Crippen molar-refractivity contribution in [3.63, 3.8) is 0 Å². The van der Waals surface area contributed by atoms with E-state index in [4.69, 9.17) is 4.74 Å². The van der Waals surface area contributed by atoms with Crippen LogP contribution in [-0.4, -0.2) is 25.8 Å². The second kappa shape index (κ2) is 5.22. The second-order valence-corrected chi connectivity index (χ2v) is 3.80. The highest BCUT2D eigenvalue weighted by Crippen LogP contribution is 2.36. The van der Waals surface area contributed by atoms with Crippen LogP contribution in [0.3, 0.4) is 0 Å². The summed E-state index contributed by atoms with van der Waals surface area (Å²) in [4.78, 5) is 0. The Bertz CT molecular complexity index is 315. The van der Waals surface area contributed by atoms with Gasteiger partial charge in [0.2, 0.25) is 0 Å². The first-order valence-corrected chi connectivity index (χ1v) is 5.19. The van der Waals surface area contributed by atoms with Crippen molar-refractivity contribution in [2.24, 2.45) is 0 Å². The minimum absolute atomic E-state index is 0.220. The first-order chi connectivity index (χ1) is 6.70. The molecule has 0 saturated carbocycles. The fraction of sp³-hybridized carbons (Fsp3) is 0.400. The van der Waals surface area contributed by atoms with Gasteiger partial charge in [0.05, 0.1) is 11.6 Å². The van der Waals surface area contributed by atoms with E-state index in [1.165, 1.54) is 0 Å². The molecule has 0 aliphatic heterocycles. The van der Waals surface area contributed by atoms with E-state index in [1.54, 1.807) is 7.11 Å². The van der Waals surface area contributed by atoms with Crippen LogP contribution in [0.5, 0.6) is 11.5 Å². The molecule has 3 nitrogen and oxygen atoms in total. The van der Waals surface area contributed by atoms with Crippen molar-refractivity contribution in [3.8, 4) is 11.5 Å². The zero-order valence-electron chi connectivity index (χ0n) is 8.30. The number of nitrogens with one attached hydrogen (secondary N) is 1. The normalized spacial score (nSPS) is 10.2. The molecule has 78 valence electrons. The summed E-state index contributed by atoms with van der Waals surface area (Å²) < 4.78 is 5.85. The van der Waals surface area contributed by atoms with Crippen LogP contribution in [0.25, 0.3) is 0 Å². The highest BCUT2D eigenvalue weighted by molar-refractivity contribution is 9.10. The van der Waals surface area contributed by atoms with E-state index in [0.29, 0.717) is 5.75 Å². The quantitative estimate of drug-likeness (QED) is 0.869. The number of halogens is 1. The van der Waals surface area contributed by atoms with Crippen LogP contribution < -0.4 is 10.1 Å². The number of aromatic hydroxyl groups is 1. The zero-order chi connectivity index (χ0) is 10.6. The molecule has 0 radical (unpaired) electrons. The molecule has 0 spiro atoms. The average Bonchev–Trinajstić information content (AvgIpc) is 2.18. The van der Waals surface area contributed by atoms with Crippen molar-refractivity contribution >= 4 is 15.9 Å². The number of benzene rings is 1. The van der Waals surface area contributed by atoms with Crippen LogP contribution in [-0.2, 0) is 6.42 Å². The van der Waals surface area contributed by atoms with E-state index in [0.717, 1.165) is 23.0 Å². The zero-order valence-corrected chi connectivity index (χ0v) is 9.89. The molecular weight excluding hydrogens is 246 g/mol. The van der Waals surface area contributed by atoms with Gasteiger partial charge >= 0.3 is 0 Å². The topological polar surface area (TPSA) is 41.5 Å². The van der Waals surface area contributed by atoms with Crippen LogP contribution in [0.2, 0.25) is 0 Å². The van der Waals surface area contributed by atoms with E-state index in [9.17, 15) is 5.11 Å². The van der Waals surface area contributed by atoms with Crippen LogP contribution in [0.1, 0.15) is 5.56 Å². The molecule has 0 heterocycles. The molecule has 0 aliphatic carbocycles. The van der Waals surface area contributed by atoms with Gasteiger partial charge in [-0.3, -0.25) is 0 Å². The first-order valence-electron chi connectivity index (χ1n) is 4.39. The number of hydrogen-bond donors (Lipinski definition) is 2. The Morgan fingerprint density at radius 2 is 2.21 bits per heavy atom. The molecular formula is C10H14BrNO2. The highest BCUT2D eigenvalue weighted by atomic mass is 79.9. The lowest BCUT2D eigenvalue weighted by molar-refractivity contribution is 0.368. The molecule has 4 heteroatoms. The Balaban J connectivity index is 2.96. The fourth-order valence-corrected chi connectivity index (χ4v) is 1.72. The van der Waals surface area contributed by atoms with E-state index >= 15 is 0 Å². The third-order valence-corrected chi connectivity index (χ3v) is 2.64. The van der Waals surface area contributed by atoms with Gasteiger partial charge in [-0.2, -0.15) is 0 Å². The van der Waals surface area contributed by atoms with Gasteiger partial charge in [-0.1, -0.05) is 6.07 Å². The Morgan fingerprint density at radius 1 is 1.50 bits per heavy atom. The lowest BCUT2D eigenvalue weighted by Gasteiger charge is -2.10. The highest BCUT2D eigenvalue weighted by Gasteiger charge is 2.10. The minimum atomic E-state index is 0.220. The van der Waals surface area contributed by atoms with Gasteiger partial charge in [0.25, 0.3) is 0 Å². The summed E-state index contributed by atoms with van der Waals surface area (Å²) >= 11 is 3.31. The van der Waals surface area contributed by atoms with Crippen molar-refractivity contribution in [1.82, 2.24) is 5.32 Å². The van der Waals surface area contributed by atoms with Gasteiger partial charge in [-0.25, -0.2) is 0 Å². The largest absolute Gasteiger partial charge is 0.504 e. The number of rotatable bonds is 4. The third-order valence-electron chi connectivity index (χ3n) is 2.02. The summed E-state index contributed by atoms with van der Waals surface area (Å²) in [5.41, 5.74) is 0.888. The minimum Gasteiger partial charge on any atom is -0.504 e. The van der Waals surface area contributed by atoms with Gasteiger partial charge in [0.1, 0.15) is 0 Å². The number of likely N-dealkylation sites (N-methyl/N-ethyl adjacent to an activating group) is 1. The Hall–Kier alpha value is -0.740. The molecule has 14 heavy (non-hydrogen) atoms. The summed E-state index contributed by atoms with van der Waals surface area (Å²) in [7, 11) is 3.43. The summed E-state index contributed by atoms with van der Waals surface area (Å²) in [6.45, 7) is 0.832. The SMILES string of the molecule is CNCCc1ccc(Br)c(OC)c1O. The maximum atomic E-state index is 9.81. The first kappa shape index (κ1) is 11.3. The number of hydrogen-bond acceptors (Lipinski definition) is 3. The number of ether oxygens (including phenoxy) is 1. The van der Waals surface area contributed by atoms with Gasteiger partial charge in [-0.15, -0.1) is 0 Å². The van der Waals surface area contributed by atoms with Crippen LogP contribution in [0.4, 0.5) is 0 Å². The molecule has 0 amide bonds. The molecule has 0 atom stereocenters. The Morgan fingerprint density at radius 3 is 2.79 bits per heavy atom. The summed E-state index contributed by atoms with van der Waals surface area (Å²) in [5.74, 6) is 0.718.